The molecular formula is C16H18N4O2S. The summed E-state index contributed by atoms with van der Waals surface area (Å²) in [5, 5.41) is 4.22. The van der Waals surface area contributed by atoms with Crippen molar-refractivity contribution in [3.8, 4) is 5.69 Å². The van der Waals surface area contributed by atoms with Crippen LogP contribution in [0.1, 0.15) is 24.3 Å². The molecule has 2 aliphatic heterocycles. The highest BCUT2D eigenvalue weighted by atomic mass is 32.2. The summed E-state index contributed by atoms with van der Waals surface area (Å²) in [6, 6.07) is 10.0. The van der Waals surface area contributed by atoms with Gasteiger partial charge in [-0.3, -0.25) is 0 Å². The second kappa shape index (κ2) is 5.49. The van der Waals surface area contributed by atoms with Gasteiger partial charge in [0.2, 0.25) is 0 Å². The zero-order valence-corrected chi connectivity index (χ0v) is 13.5. The summed E-state index contributed by atoms with van der Waals surface area (Å²) < 4.78 is 29.6. The van der Waals surface area contributed by atoms with Gasteiger partial charge < -0.3 is 4.90 Å². The molecule has 1 atom stereocenters. The van der Waals surface area contributed by atoms with Crippen molar-refractivity contribution in [1.82, 2.24) is 14.7 Å². The van der Waals surface area contributed by atoms with E-state index in [1.165, 1.54) is 0 Å². The quantitative estimate of drug-likeness (QED) is 0.842. The fourth-order valence-corrected chi connectivity index (χ4v) is 4.38. The zero-order valence-electron chi connectivity index (χ0n) is 12.7. The van der Waals surface area contributed by atoms with Crippen LogP contribution in [0.25, 0.3) is 5.69 Å². The number of fused-ring (bicyclic) bond motifs is 1. The van der Waals surface area contributed by atoms with E-state index in [1.807, 2.05) is 24.4 Å². The summed E-state index contributed by atoms with van der Waals surface area (Å²) >= 11 is 0. The first-order valence-corrected chi connectivity index (χ1v) is 9.41. The average Bonchev–Trinajstić information content (AvgIpc) is 3.08. The first kappa shape index (κ1) is 14.4. The summed E-state index contributed by atoms with van der Waals surface area (Å²) in [4.78, 5) is 2.12. The maximum absolute atomic E-state index is 11.9. The lowest BCUT2D eigenvalue weighted by Crippen LogP contribution is -2.46. The van der Waals surface area contributed by atoms with Crippen LogP contribution < -0.4 is 0 Å². The second-order valence-electron chi connectivity index (χ2n) is 5.96. The molecule has 3 heterocycles. The second-order valence-corrected chi connectivity index (χ2v) is 7.71. The van der Waals surface area contributed by atoms with E-state index in [2.05, 4.69) is 26.5 Å². The van der Waals surface area contributed by atoms with Crippen LogP contribution in [0.2, 0.25) is 0 Å². The van der Waals surface area contributed by atoms with E-state index >= 15 is 0 Å². The maximum Gasteiger partial charge on any atom is 0.256 e. The average molecular weight is 330 g/mol. The van der Waals surface area contributed by atoms with Crippen molar-refractivity contribution in [3.05, 3.63) is 48.3 Å². The SMILES string of the molecule is O=S1(=O)CCN2CCCC(c3ccc(-n4cccn4)cc3)C2=N1. The summed E-state index contributed by atoms with van der Waals surface area (Å²) in [6.07, 6.45) is 5.64. The molecule has 0 radical (unpaired) electrons. The Balaban J connectivity index is 1.67. The third-order valence-corrected chi connectivity index (χ3v) is 5.64. The third kappa shape index (κ3) is 2.76. The Hall–Kier alpha value is -2.15. The summed E-state index contributed by atoms with van der Waals surface area (Å²) in [5.41, 5.74) is 2.10. The molecule has 0 aliphatic carbocycles. The van der Waals surface area contributed by atoms with E-state index < -0.39 is 10.0 Å². The van der Waals surface area contributed by atoms with E-state index in [9.17, 15) is 8.42 Å². The van der Waals surface area contributed by atoms with Gasteiger partial charge in [0, 0.05) is 31.4 Å². The molecule has 1 unspecified atom stereocenters. The van der Waals surface area contributed by atoms with Gasteiger partial charge in [-0.25, -0.2) is 13.1 Å². The Morgan fingerprint density at radius 3 is 2.70 bits per heavy atom. The van der Waals surface area contributed by atoms with Crippen LogP contribution in [0.4, 0.5) is 0 Å². The van der Waals surface area contributed by atoms with Crippen molar-refractivity contribution in [2.75, 3.05) is 18.8 Å². The molecule has 1 aromatic carbocycles. The third-order valence-electron chi connectivity index (χ3n) is 4.47. The molecule has 1 saturated heterocycles. The van der Waals surface area contributed by atoms with Crippen molar-refractivity contribution >= 4 is 15.9 Å². The molecule has 7 heteroatoms. The minimum Gasteiger partial charge on any atom is -0.358 e. The van der Waals surface area contributed by atoms with E-state index in [0.717, 1.165) is 30.6 Å². The number of aromatic nitrogens is 2. The Morgan fingerprint density at radius 2 is 1.96 bits per heavy atom. The van der Waals surface area contributed by atoms with Crippen molar-refractivity contribution < 1.29 is 8.42 Å². The molecule has 1 aromatic heterocycles. The highest BCUT2D eigenvalue weighted by molar-refractivity contribution is 7.90. The zero-order chi connectivity index (χ0) is 15.9. The van der Waals surface area contributed by atoms with Crippen LogP contribution in [0.15, 0.2) is 47.1 Å². The number of piperidine rings is 1. The molecule has 0 spiro atoms. The van der Waals surface area contributed by atoms with Gasteiger partial charge in [0.1, 0.15) is 5.84 Å². The smallest absolute Gasteiger partial charge is 0.256 e. The van der Waals surface area contributed by atoms with E-state index in [0.29, 0.717) is 12.4 Å². The van der Waals surface area contributed by atoms with Crippen molar-refractivity contribution in [2.24, 2.45) is 4.40 Å². The molecule has 120 valence electrons. The number of rotatable bonds is 2. The van der Waals surface area contributed by atoms with Crippen LogP contribution >= 0.6 is 0 Å². The number of sulfonamides is 1. The van der Waals surface area contributed by atoms with Gasteiger partial charge in [0.15, 0.2) is 0 Å². The van der Waals surface area contributed by atoms with Gasteiger partial charge in [-0.1, -0.05) is 12.1 Å². The van der Waals surface area contributed by atoms with Gasteiger partial charge in [-0.05, 0) is 36.6 Å². The van der Waals surface area contributed by atoms with Gasteiger partial charge in [-0.15, -0.1) is 4.40 Å². The molecule has 23 heavy (non-hydrogen) atoms. The number of nitrogens with zero attached hydrogens (tertiary/aromatic N) is 4. The standard InChI is InChI=1S/C16H18N4O2S/c21-23(22)12-11-19-9-1-3-15(16(19)18-23)13-4-6-14(7-5-13)20-10-2-8-17-20/h2,4-8,10,15H,1,3,9,11-12H2. The summed E-state index contributed by atoms with van der Waals surface area (Å²) in [6.45, 7) is 1.46. The first-order valence-electron chi connectivity index (χ1n) is 7.80. The van der Waals surface area contributed by atoms with Crippen molar-refractivity contribution in [1.29, 1.82) is 0 Å². The minimum absolute atomic E-state index is 0.0606. The Labute approximate surface area is 135 Å². The van der Waals surface area contributed by atoms with Gasteiger partial charge in [0.25, 0.3) is 10.0 Å². The maximum atomic E-state index is 11.9. The van der Waals surface area contributed by atoms with Crippen LogP contribution in [-0.4, -0.2) is 47.8 Å². The molecule has 0 amide bonds. The largest absolute Gasteiger partial charge is 0.358 e. The number of hydrogen-bond acceptors (Lipinski definition) is 4. The summed E-state index contributed by atoms with van der Waals surface area (Å²) in [7, 11) is -3.31. The minimum atomic E-state index is -3.31. The molecule has 4 rings (SSSR count). The lowest BCUT2D eigenvalue weighted by atomic mass is 9.89. The molecule has 1 fully saturated rings. The molecule has 0 N–H and O–H groups in total. The number of amidine groups is 1. The predicted octanol–water partition coefficient (Wildman–Crippen LogP) is 1.79. The number of hydrogen-bond donors (Lipinski definition) is 0. The van der Waals surface area contributed by atoms with Crippen LogP contribution in [0, 0.1) is 0 Å². The highest BCUT2D eigenvalue weighted by Crippen LogP contribution is 2.31. The molecule has 6 nitrogen and oxygen atoms in total. The lowest BCUT2D eigenvalue weighted by Gasteiger charge is -2.37. The molecule has 2 aromatic rings. The molecule has 0 bridgehead atoms. The van der Waals surface area contributed by atoms with Crippen LogP contribution in [0.5, 0.6) is 0 Å². The molecular weight excluding hydrogens is 312 g/mol. The van der Waals surface area contributed by atoms with Gasteiger partial charge >= 0.3 is 0 Å². The van der Waals surface area contributed by atoms with E-state index in [-0.39, 0.29) is 11.7 Å². The van der Waals surface area contributed by atoms with Crippen LogP contribution in [0.3, 0.4) is 0 Å². The highest BCUT2D eigenvalue weighted by Gasteiger charge is 2.33. The normalized spacial score (nSPS) is 23.2. The molecule has 0 saturated carbocycles. The van der Waals surface area contributed by atoms with Gasteiger partial charge in [-0.2, -0.15) is 5.10 Å². The summed E-state index contributed by atoms with van der Waals surface area (Å²) in [5.74, 6) is 0.904. The Bertz CT molecular complexity index is 825. The first-order chi connectivity index (χ1) is 11.1. The topological polar surface area (TPSA) is 67.6 Å². The lowest BCUT2D eigenvalue weighted by molar-refractivity contribution is 0.366. The van der Waals surface area contributed by atoms with E-state index in [1.54, 1.807) is 10.9 Å². The van der Waals surface area contributed by atoms with Crippen LogP contribution in [-0.2, 0) is 10.0 Å². The Kier molecular flexibility index (Phi) is 3.45. The number of benzene rings is 1. The van der Waals surface area contributed by atoms with Crippen molar-refractivity contribution in [2.45, 2.75) is 18.8 Å². The predicted molar refractivity (Wildman–Crippen MR) is 88.3 cm³/mol. The fourth-order valence-electron chi connectivity index (χ4n) is 3.31. The monoisotopic (exact) mass is 330 g/mol. The Morgan fingerprint density at radius 1 is 1.13 bits per heavy atom. The molecule has 2 aliphatic rings. The van der Waals surface area contributed by atoms with Gasteiger partial charge in [0.05, 0.1) is 11.4 Å². The van der Waals surface area contributed by atoms with Crippen molar-refractivity contribution in [3.63, 3.8) is 0 Å². The fraction of sp³-hybridized carbons (Fsp3) is 0.375. The van der Waals surface area contributed by atoms with E-state index in [4.69, 9.17) is 0 Å².